The van der Waals surface area contributed by atoms with E-state index in [2.05, 4.69) is 0 Å². The summed E-state index contributed by atoms with van der Waals surface area (Å²) in [7, 11) is 0. The number of amides is 1. The monoisotopic (exact) mass is 307 g/mol. The molecule has 1 saturated heterocycles. The fourth-order valence-corrected chi connectivity index (χ4v) is 4.91. The number of hydroxylamine groups is 2. The number of carbonyl (C=O) groups is 2. The molecule has 4 bridgehead atoms. The Bertz CT molecular complexity index is 585. The summed E-state index contributed by atoms with van der Waals surface area (Å²) in [6, 6.07) is -0.731. The highest BCUT2D eigenvalue weighted by molar-refractivity contribution is 6.09. The van der Waals surface area contributed by atoms with Gasteiger partial charge in [-0.25, -0.2) is 5.06 Å². The van der Waals surface area contributed by atoms with Crippen LogP contribution < -0.4 is 0 Å². The molecular formula is C16H21NO5. The lowest BCUT2D eigenvalue weighted by Gasteiger charge is -2.49. The van der Waals surface area contributed by atoms with Crippen molar-refractivity contribution in [1.29, 1.82) is 0 Å². The summed E-state index contributed by atoms with van der Waals surface area (Å²) >= 11 is 0. The molecule has 2 heterocycles. The number of carbonyl (C=O) groups excluding carboxylic acids is 2. The van der Waals surface area contributed by atoms with Gasteiger partial charge in [0.1, 0.15) is 35.6 Å². The smallest absolute Gasteiger partial charge is 0.261 e. The van der Waals surface area contributed by atoms with Gasteiger partial charge in [-0.15, -0.1) is 0 Å². The summed E-state index contributed by atoms with van der Waals surface area (Å²) in [5.74, 6) is -0.132. The molecule has 2 saturated carbocycles. The van der Waals surface area contributed by atoms with Crippen molar-refractivity contribution in [1.82, 2.24) is 5.06 Å². The normalized spacial score (nSPS) is 48.3. The number of nitrogens with zero attached hydrogens (tertiary/aromatic N) is 1. The van der Waals surface area contributed by atoms with Crippen molar-refractivity contribution in [3.8, 4) is 0 Å². The van der Waals surface area contributed by atoms with Crippen LogP contribution in [-0.4, -0.2) is 51.3 Å². The van der Waals surface area contributed by atoms with E-state index in [1.165, 1.54) is 0 Å². The minimum Gasteiger partial charge on any atom is -0.388 e. The van der Waals surface area contributed by atoms with E-state index in [1.54, 1.807) is 12.2 Å². The van der Waals surface area contributed by atoms with Crippen LogP contribution in [-0.2, 0) is 14.4 Å². The third-order valence-electron chi connectivity index (χ3n) is 6.50. The first-order chi connectivity index (χ1) is 10.3. The van der Waals surface area contributed by atoms with Crippen LogP contribution in [0.15, 0.2) is 12.2 Å². The lowest BCUT2D eigenvalue weighted by molar-refractivity contribution is -0.286. The van der Waals surface area contributed by atoms with Gasteiger partial charge >= 0.3 is 0 Å². The summed E-state index contributed by atoms with van der Waals surface area (Å²) < 4.78 is 0. The second-order valence-electron chi connectivity index (χ2n) is 7.55. The van der Waals surface area contributed by atoms with E-state index in [-0.39, 0.29) is 17.6 Å². The average molecular weight is 307 g/mol. The fourth-order valence-electron chi connectivity index (χ4n) is 4.91. The molecule has 2 N–H and O–H groups in total. The molecular weight excluding hydrogens is 286 g/mol. The molecule has 1 amide bonds. The average Bonchev–Trinajstić information content (AvgIpc) is 2.86. The largest absolute Gasteiger partial charge is 0.388 e. The van der Waals surface area contributed by atoms with Gasteiger partial charge in [-0.1, -0.05) is 26.0 Å². The highest BCUT2D eigenvalue weighted by atomic mass is 16.7. The highest BCUT2D eigenvalue weighted by Gasteiger charge is 2.70. The first-order valence-electron chi connectivity index (χ1n) is 7.89. The predicted molar refractivity (Wildman–Crippen MR) is 75.2 cm³/mol. The Labute approximate surface area is 128 Å². The highest BCUT2D eigenvalue weighted by Crippen LogP contribution is 2.64. The summed E-state index contributed by atoms with van der Waals surface area (Å²) in [4.78, 5) is 31.3. The second kappa shape index (κ2) is 4.19. The molecule has 5 unspecified atom stereocenters. The Morgan fingerprint density at radius 3 is 2.59 bits per heavy atom. The first kappa shape index (κ1) is 14.4. The van der Waals surface area contributed by atoms with Crippen LogP contribution in [0.3, 0.4) is 0 Å². The third-order valence-corrected chi connectivity index (χ3v) is 6.50. The van der Waals surface area contributed by atoms with Crippen LogP contribution in [0.4, 0.5) is 0 Å². The van der Waals surface area contributed by atoms with E-state index in [9.17, 15) is 19.8 Å². The van der Waals surface area contributed by atoms with Gasteiger partial charge in [0, 0.05) is 6.42 Å². The van der Waals surface area contributed by atoms with Gasteiger partial charge in [0.15, 0.2) is 0 Å². The summed E-state index contributed by atoms with van der Waals surface area (Å²) in [6.45, 7) is 3.97. The topological polar surface area (TPSA) is 87.1 Å². The molecule has 6 atom stereocenters. The van der Waals surface area contributed by atoms with Crippen molar-refractivity contribution in [3.05, 3.63) is 12.2 Å². The standard InChI is InChI=1S/C16H21NO5/c1-15(2)8-5-6-16(15,11(18)7-8)14(21)17-9-3-4-10(22-17)13(20)12(9)19/h3-4,8-10,12-13,19-20H,5-7H2,1-2H3/t8?,9?,10?,12?,13?,16-/m1/s1. The van der Waals surface area contributed by atoms with Gasteiger partial charge in [0.2, 0.25) is 0 Å². The Hall–Kier alpha value is -1.24. The molecule has 0 aromatic carbocycles. The molecule has 5 rings (SSSR count). The SMILES string of the molecule is CC1(C)C2CC[C@]1(C(=O)N1OC3C=CC1C(O)C3O)C(=O)C2. The maximum absolute atomic E-state index is 13.2. The number of Topliss-reactive ketones (excluding diaryl/α,β-unsaturated/α-hetero) is 1. The Morgan fingerprint density at radius 1 is 1.32 bits per heavy atom. The van der Waals surface area contributed by atoms with Gasteiger partial charge in [-0.2, -0.15) is 0 Å². The number of ketones is 1. The maximum atomic E-state index is 13.2. The minimum atomic E-state index is -1.08. The molecule has 0 spiro atoms. The van der Waals surface area contributed by atoms with Crippen LogP contribution in [0.1, 0.15) is 33.1 Å². The van der Waals surface area contributed by atoms with Crippen molar-refractivity contribution < 1.29 is 24.6 Å². The zero-order chi connectivity index (χ0) is 15.9. The van der Waals surface area contributed by atoms with Crippen molar-refractivity contribution in [2.45, 2.75) is 57.5 Å². The Balaban J connectivity index is 1.71. The lowest BCUT2D eigenvalue weighted by atomic mass is 9.68. The van der Waals surface area contributed by atoms with E-state index >= 15 is 0 Å². The van der Waals surface area contributed by atoms with Gasteiger partial charge in [-0.05, 0) is 24.2 Å². The van der Waals surface area contributed by atoms with E-state index in [4.69, 9.17) is 4.84 Å². The van der Waals surface area contributed by atoms with Crippen molar-refractivity contribution >= 4 is 11.7 Å². The van der Waals surface area contributed by atoms with Crippen LogP contribution in [0, 0.1) is 16.7 Å². The van der Waals surface area contributed by atoms with E-state index in [0.717, 1.165) is 11.5 Å². The van der Waals surface area contributed by atoms with Gasteiger partial charge in [0.05, 0.1) is 0 Å². The molecule has 6 nitrogen and oxygen atoms in total. The molecule has 3 aliphatic carbocycles. The van der Waals surface area contributed by atoms with E-state index in [0.29, 0.717) is 12.8 Å². The molecule has 2 aliphatic heterocycles. The third kappa shape index (κ3) is 1.41. The molecule has 0 radical (unpaired) electrons. The predicted octanol–water partition coefficient (Wildman–Crippen LogP) is 0.184. The minimum absolute atomic E-state index is 0.0113. The maximum Gasteiger partial charge on any atom is 0.261 e. The summed E-state index contributed by atoms with van der Waals surface area (Å²) in [6.07, 6.45) is 2.33. The molecule has 120 valence electrons. The molecule has 3 fully saturated rings. The van der Waals surface area contributed by atoms with Crippen LogP contribution >= 0.6 is 0 Å². The van der Waals surface area contributed by atoms with Crippen LogP contribution in [0.5, 0.6) is 0 Å². The van der Waals surface area contributed by atoms with Crippen molar-refractivity contribution in [2.24, 2.45) is 16.7 Å². The van der Waals surface area contributed by atoms with Gasteiger partial charge < -0.3 is 10.2 Å². The summed E-state index contributed by atoms with van der Waals surface area (Å²) in [5.41, 5.74) is -1.44. The zero-order valence-electron chi connectivity index (χ0n) is 12.7. The number of aliphatic hydroxyl groups is 2. The second-order valence-corrected chi connectivity index (χ2v) is 7.55. The fraction of sp³-hybridized carbons (Fsp3) is 0.750. The number of hydrogen-bond donors (Lipinski definition) is 2. The Morgan fingerprint density at radius 2 is 2.05 bits per heavy atom. The molecule has 6 heteroatoms. The summed E-state index contributed by atoms with van der Waals surface area (Å²) in [5, 5.41) is 21.2. The van der Waals surface area contributed by atoms with E-state index < -0.39 is 35.2 Å². The quantitative estimate of drug-likeness (QED) is 0.533. The molecule has 5 aliphatic rings. The van der Waals surface area contributed by atoms with Crippen LogP contribution in [0.25, 0.3) is 0 Å². The zero-order valence-corrected chi connectivity index (χ0v) is 12.7. The first-order valence-corrected chi connectivity index (χ1v) is 7.89. The van der Waals surface area contributed by atoms with E-state index in [1.807, 2.05) is 13.8 Å². The number of hydrogen-bond acceptors (Lipinski definition) is 5. The van der Waals surface area contributed by atoms with Gasteiger partial charge in [-0.3, -0.25) is 14.4 Å². The molecule has 0 aromatic rings. The molecule has 22 heavy (non-hydrogen) atoms. The van der Waals surface area contributed by atoms with Gasteiger partial charge in [0.25, 0.3) is 5.91 Å². The number of rotatable bonds is 1. The van der Waals surface area contributed by atoms with Crippen molar-refractivity contribution in [2.75, 3.05) is 0 Å². The van der Waals surface area contributed by atoms with Crippen LogP contribution in [0.2, 0.25) is 0 Å². The van der Waals surface area contributed by atoms with Crippen molar-refractivity contribution in [3.63, 3.8) is 0 Å². The Kier molecular flexibility index (Phi) is 2.73. The number of fused-ring (bicyclic) bond motifs is 4. The molecule has 0 aromatic heterocycles. The lowest BCUT2D eigenvalue weighted by Crippen LogP contribution is -2.66. The number of aliphatic hydroxyl groups excluding tert-OH is 2.